The monoisotopic (exact) mass is 425 g/mol. The predicted octanol–water partition coefficient (Wildman–Crippen LogP) is 5.33. The number of rotatable bonds is 7. The molecule has 5 rings (SSSR count). The molecule has 1 aliphatic rings. The molecule has 0 radical (unpaired) electrons. The summed E-state index contributed by atoms with van der Waals surface area (Å²) in [6.45, 7) is 4.15. The van der Waals surface area contributed by atoms with E-state index in [0.29, 0.717) is 19.6 Å². The van der Waals surface area contributed by atoms with Crippen molar-refractivity contribution in [1.29, 1.82) is 0 Å². The number of carbonyl (C=O) groups is 1. The first-order chi connectivity index (χ1) is 15.7. The Kier molecular flexibility index (Phi) is 5.63. The molecule has 1 aliphatic heterocycles. The smallest absolute Gasteiger partial charge is 0.227 e. The highest BCUT2D eigenvalue weighted by molar-refractivity contribution is 5.97. The molecule has 1 saturated heterocycles. The van der Waals surface area contributed by atoms with E-state index in [1.54, 1.807) is 0 Å². The quantitative estimate of drug-likeness (QED) is 0.376. The molecule has 162 valence electrons. The van der Waals surface area contributed by atoms with Crippen LogP contribution < -0.4 is 9.64 Å². The Hall–Kier alpha value is -3.60. The van der Waals surface area contributed by atoms with Crippen LogP contribution in [0.2, 0.25) is 0 Å². The van der Waals surface area contributed by atoms with Crippen LogP contribution >= 0.6 is 0 Å². The SMILES string of the molecule is Cc1ccccc1N1CC(c2nc3ccccc3n2CCCOc2ccccc2)CC1=O. The van der Waals surface area contributed by atoms with Gasteiger partial charge < -0.3 is 14.2 Å². The van der Waals surface area contributed by atoms with Crippen LogP contribution in [0.5, 0.6) is 5.75 Å². The molecule has 1 unspecified atom stereocenters. The van der Waals surface area contributed by atoms with Crippen LogP contribution in [0, 0.1) is 6.92 Å². The molecule has 1 amide bonds. The molecule has 4 aromatic rings. The van der Waals surface area contributed by atoms with Crippen LogP contribution in [0.4, 0.5) is 5.69 Å². The van der Waals surface area contributed by atoms with E-state index < -0.39 is 0 Å². The molecule has 0 N–H and O–H groups in total. The molecular formula is C27H27N3O2. The van der Waals surface area contributed by atoms with E-state index in [1.807, 2.05) is 71.6 Å². The Morgan fingerprint density at radius 1 is 0.969 bits per heavy atom. The van der Waals surface area contributed by atoms with Crippen molar-refractivity contribution >= 4 is 22.6 Å². The van der Waals surface area contributed by atoms with Crippen molar-refractivity contribution in [3.05, 3.63) is 90.3 Å². The van der Waals surface area contributed by atoms with Crippen molar-refractivity contribution in [3.8, 4) is 5.75 Å². The van der Waals surface area contributed by atoms with Crippen molar-refractivity contribution in [3.63, 3.8) is 0 Å². The Morgan fingerprint density at radius 2 is 1.72 bits per heavy atom. The molecular weight excluding hydrogens is 398 g/mol. The Labute approximate surface area is 188 Å². The predicted molar refractivity (Wildman–Crippen MR) is 127 cm³/mol. The second kappa shape index (κ2) is 8.87. The number of anilines is 1. The summed E-state index contributed by atoms with van der Waals surface area (Å²) >= 11 is 0. The number of hydrogen-bond acceptors (Lipinski definition) is 3. The van der Waals surface area contributed by atoms with Gasteiger partial charge in [0.1, 0.15) is 11.6 Å². The number of amides is 1. The van der Waals surface area contributed by atoms with Gasteiger partial charge >= 0.3 is 0 Å². The van der Waals surface area contributed by atoms with Crippen LogP contribution in [0.25, 0.3) is 11.0 Å². The maximum Gasteiger partial charge on any atom is 0.227 e. The van der Waals surface area contributed by atoms with Gasteiger partial charge in [-0.2, -0.15) is 0 Å². The normalized spacial score (nSPS) is 16.1. The number of fused-ring (bicyclic) bond motifs is 1. The van der Waals surface area contributed by atoms with Crippen LogP contribution in [0.3, 0.4) is 0 Å². The number of hydrogen-bond donors (Lipinski definition) is 0. The van der Waals surface area contributed by atoms with Gasteiger partial charge in [-0.1, -0.05) is 48.5 Å². The van der Waals surface area contributed by atoms with E-state index in [-0.39, 0.29) is 11.8 Å². The lowest BCUT2D eigenvalue weighted by atomic mass is 10.1. The Morgan fingerprint density at radius 3 is 2.56 bits per heavy atom. The van der Waals surface area contributed by atoms with E-state index in [0.717, 1.165) is 46.8 Å². The standard InChI is InChI=1S/C27H27N3O2/c1-20-10-5-7-14-24(20)30-19-21(18-26(30)31)27-28-23-13-6-8-15-25(23)29(27)16-9-17-32-22-11-3-2-4-12-22/h2-8,10-15,21H,9,16-19H2,1H3. The largest absolute Gasteiger partial charge is 0.494 e. The van der Waals surface area contributed by atoms with E-state index in [9.17, 15) is 4.79 Å². The van der Waals surface area contributed by atoms with Crippen molar-refractivity contribution in [2.24, 2.45) is 0 Å². The van der Waals surface area contributed by atoms with Crippen LogP contribution in [-0.2, 0) is 11.3 Å². The summed E-state index contributed by atoms with van der Waals surface area (Å²) in [6, 6.07) is 26.2. The molecule has 0 saturated carbocycles. The molecule has 5 heteroatoms. The van der Waals surface area contributed by atoms with Crippen LogP contribution in [0.15, 0.2) is 78.9 Å². The van der Waals surface area contributed by atoms with Crippen molar-refractivity contribution in [2.75, 3.05) is 18.1 Å². The maximum absolute atomic E-state index is 12.9. The van der Waals surface area contributed by atoms with Crippen molar-refractivity contribution in [2.45, 2.75) is 32.2 Å². The molecule has 1 atom stereocenters. The number of carbonyl (C=O) groups excluding carboxylic acids is 1. The molecule has 5 nitrogen and oxygen atoms in total. The summed E-state index contributed by atoms with van der Waals surface area (Å²) in [6.07, 6.45) is 1.35. The number of aromatic nitrogens is 2. The summed E-state index contributed by atoms with van der Waals surface area (Å²) in [7, 11) is 0. The minimum atomic E-state index is 0.0737. The van der Waals surface area contributed by atoms with Crippen LogP contribution in [0.1, 0.15) is 30.1 Å². The molecule has 32 heavy (non-hydrogen) atoms. The highest BCUT2D eigenvalue weighted by Gasteiger charge is 2.35. The van der Waals surface area contributed by atoms with Gasteiger partial charge in [0, 0.05) is 31.1 Å². The summed E-state index contributed by atoms with van der Waals surface area (Å²) in [5.41, 5.74) is 4.21. The lowest BCUT2D eigenvalue weighted by Gasteiger charge is -2.19. The summed E-state index contributed by atoms with van der Waals surface area (Å²) in [5.74, 6) is 2.12. The minimum Gasteiger partial charge on any atom is -0.494 e. The molecule has 0 aliphatic carbocycles. The molecule has 2 heterocycles. The van der Waals surface area contributed by atoms with Gasteiger partial charge in [0.25, 0.3) is 0 Å². The lowest BCUT2D eigenvalue weighted by Crippen LogP contribution is -2.25. The number of imidazole rings is 1. The number of benzene rings is 3. The topological polar surface area (TPSA) is 47.4 Å². The lowest BCUT2D eigenvalue weighted by molar-refractivity contribution is -0.117. The molecule has 3 aromatic carbocycles. The fourth-order valence-electron chi connectivity index (χ4n) is 4.55. The molecule has 0 spiro atoms. The van der Waals surface area contributed by atoms with Gasteiger partial charge in [0.15, 0.2) is 0 Å². The summed E-state index contributed by atoms with van der Waals surface area (Å²) in [5, 5.41) is 0. The third kappa shape index (κ3) is 3.98. The highest BCUT2D eigenvalue weighted by atomic mass is 16.5. The average Bonchev–Trinajstić information content (AvgIpc) is 3.38. The number of ether oxygens (including phenoxy) is 1. The van der Waals surface area contributed by atoms with E-state index in [2.05, 4.69) is 23.6 Å². The third-order valence-corrected chi connectivity index (χ3v) is 6.12. The zero-order valence-electron chi connectivity index (χ0n) is 18.3. The first kappa shape index (κ1) is 20.3. The number of para-hydroxylation sites is 4. The van der Waals surface area contributed by atoms with Gasteiger partial charge in [-0.05, 0) is 49.2 Å². The van der Waals surface area contributed by atoms with Crippen molar-refractivity contribution < 1.29 is 9.53 Å². The van der Waals surface area contributed by atoms with Gasteiger partial charge in [0.2, 0.25) is 5.91 Å². The van der Waals surface area contributed by atoms with Gasteiger partial charge in [0.05, 0.1) is 17.6 Å². The minimum absolute atomic E-state index is 0.0737. The van der Waals surface area contributed by atoms with E-state index >= 15 is 0 Å². The first-order valence-corrected chi connectivity index (χ1v) is 11.2. The van der Waals surface area contributed by atoms with Gasteiger partial charge in [-0.15, -0.1) is 0 Å². The Bertz CT molecular complexity index is 1230. The third-order valence-electron chi connectivity index (χ3n) is 6.12. The van der Waals surface area contributed by atoms with E-state index in [1.165, 1.54) is 0 Å². The molecule has 1 aromatic heterocycles. The average molecular weight is 426 g/mol. The van der Waals surface area contributed by atoms with Crippen LogP contribution in [-0.4, -0.2) is 28.6 Å². The van der Waals surface area contributed by atoms with Crippen molar-refractivity contribution in [1.82, 2.24) is 9.55 Å². The van der Waals surface area contributed by atoms with Gasteiger partial charge in [-0.25, -0.2) is 4.98 Å². The highest BCUT2D eigenvalue weighted by Crippen LogP contribution is 2.34. The number of aryl methyl sites for hydroxylation is 2. The summed E-state index contributed by atoms with van der Waals surface area (Å²) < 4.78 is 8.17. The number of nitrogens with zero attached hydrogens (tertiary/aromatic N) is 3. The second-order valence-corrected chi connectivity index (χ2v) is 8.32. The molecule has 1 fully saturated rings. The fraction of sp³-hybridized carbons (Fsp3) is 0.259. The molecule has 0 bridgehead atoms. The first-order valence-electron chi connectivity index (χ1n) is 11.2. The maximum atomic E-state index is 12.9. The van der Waals surface area contributed by atoms with Gasteiger partial charge in [-0.3, -0.25) is 4.79 Å². The fourth-order valence-corrected chi connectivity index (χ4v) is 4.55. The zero-order valence-corrected chi connectivity index (χ0v) is 18.3. The zero-order chi connectivity index (χ0) is 21.9. The van der Waals surface area contributed by atoms with E-state index in [4.69, 9.17) is 9.72 Å². The second-order valence-electron chi connectivity index (χ2n) is 8.32. The summed E-state index contributed by atoms with van der Waals surface area (Å²) in [4.78, 5) is 19.8. The Balaban J connectivity index is 1.37.